The number of allylic oxidation sites excluding steroid dienone is 4. The van der Waals surface area contributed by atoms with Crippen LogP contribution in [-0.2, 0) is 0 Å². The van der Waals surface area contributed by atoms with Crippen molar-refractivity contribution in [2.75, 3.05) is 11.4 Å². The zero-order valence-corrected chi connectivity index (χ0v) is 12.4. The van der Waals surface area contributed by atoms with Gasteiger partial charge in [0.2, 0.25) is 0 Å². The van der Waals surface area contributed by atoms with Crippen LogP contribution >= 0.6 is 15.9 Å². The van der Waals surface area contributed by atoms with Crippen LogP contribution in [0.5, 0.6) is 0 Å². The largest absolute Gasteiger partial charge is 0.344 e. The summed E-state index contributed by atoms with van der Waals surface area (Å²) >= 11 is 3.73. The van der Waals surface area contributed by atoms with Gasteiger partial charge < -0.3 is 4.90 Å². The maximum atomic E-state index is 3.73. The SMILES string of the molecule is BrC1=C2CCCC3=C2C(C=C1)CN3c1ccccc1. The molecule has 1 aliphatic heterocycles. The summed E-state index contributed by atoms with van der Waals surface area (Å²) in [5.41, 5.74) is 6.04. The van der Waals surface area contributed by atoms with Crippen molar-refractivity contribution in [1.82, 2.24) is 0 Å². The minimum Gasteiger partial charge on any atom is -0.344 e. The topological polar surface area (TPSA) is 3.24 Å². The Balaban J connectivity index is 1.84. The van der Waals surface area contributed by atoms with Crippen LogP contribution in [0.3, 0.4) is 0 Å². The lowest BCUT2D eigenvalue weighted by molar-refractivity contribution is 0.743. The van der Waals surface area contributed by atoms with Gasteiger partial charge in [-0.1, -0.05) is 46.3 Å². The molecule has 2 aliphatic carbocycles. The Bertz CT molecular complexity index is 609. The Morgan fingerprint density at radius 2 is 1.95 bits per heavy atom. The average molecular weight is 314 g/mol. The molecule has 0 N–H and O–H groups in total. The molecule has 3 aliphatic rings. The Morgan fingerprint density at radius 3 is 2.79 bits per heavy atom. The van der Waals surface area contributed by atoms with Crippen LogP contribution in [0, 0.1) is 5.92 Å². The molecule has 1 nitrogen and oxygen atoms in total. The predicted molar refractivity (Wildman–Crippen MR) is 83.2 cm³/mol. The van der Waals surface area contributed by atoms with E-state index in [-0.39, 0.29) is 0 Å². The number of nitrogens with zero attached hydrogens (tertiary/aromatic N) is 1. The molecule has 0 fully saturated rings. The molecule has 0 bridgehead atoms. The second-order valence-corrected chi connectivity index (χ2v) is 6.31. The maximum absolute atomic E-state index is 3.73. The number of benzene rings is 1. The highest BCUT2D eigenvalue weighted by Gasteiger charge is 2.36. The summed E-state index contributed by atoms with van der Waals surface area (Å²) in [6.45, 7) is 1.11. The van der Waals surface area contributed by atoms with E-state index in [0.29, 0.717) is 5.92 Å². The van der Waals surface area contributed by atoms with Gasteiger partial charge in [0.15, 0.2) is 0 Å². The third kappa shape index (κ3) is 1.73. The van der Waals surface area contributed by atoms with Crippen LogP contribution in [0.25, 0.3) is 0 Å². The molecule has 4 rings (SSSR count). The molecule has 96 valence electrons. The smallest absolute Gasteiger partial charge is 0.0408 e. The van der Waals surface area contributed by atoms with Crippen molar-refractivity contribution in [3.8, 4) is 0 Å². The summed E-state index contributed by atoms with van der Waals surface area (Å²) in [5, 5.41) is 0. The molecule has 19 heavy (non-hydrogen) atoms. The second kappa shape index (κ2) is 4.38. The Hall–Kier alpha value is -1.28. The first-order valence-corrected chi connectivity index (χ1v) is 7.77. The third-order valence-corrected chi connectivity index (χ3v) is 5.13. The van der Waals surface area contributed by atoms with E-state index in [2.05, 4.69) is 63.3 Å². The van der Waals surface area contributed by atoms with E-state index in [1.54, 1.807) is 16.8 Å². The number of anilines is 1. The first-order valence-electron chi connectivity index (χ1n) is 6.97. The van der Waals surface area contributed by atoms with Crippen molar-refractivity contribution >= 4 is 21.6 Å². The molecule has 1 aromatic carbocycles. The van der Waals surface area contributed by atoms with Crippen molar-refractivity contribution in [1.29, 1.82) is 0 Å². The van der Waals surface area contributed by atoms with E-state index < -0.39 is 0 Å². The normalized spacial score (nSPS) is 25.1. The molecule has 0 radical (unpaired) electrons. The maximum Gasteiger partial charge on any atom is 0.0408 e. The van der Waals surface area contributed by atoms with E-state index in [0.717, 1.165) is 6.54 Å². The lowest BCUT2D eigenvalue weighted by Gasteiger charge is -2.26. The summed E-state index contributed by atoms with van der Waals surface area (Å²) < 4.78 is 1.30. The predicted octanol–water partition coefficient (Wildman–Crippen LogP) is 4.78. The van der Waals surface area contributed by atoms with Crippen LogP contribution in [0.2, 0.25) is 0 Å². The molecule has 2 heteroatoms. The third-order valence-electron chi connectivity index (χ3n) is 4.38. The molecule has 1 heterocycles. The van der Waals surface area contributed by atoms with Crippen molar-refractivity contribution in [2.24, 2.45) is 5.92 Å². The van der Waals surface area contributed by atoms with Gasteiger partial charge in [0.25, 0.3) is 0 Å². The molecular weight excluding hydrogens is 298 g/mol. The first kappa shape index (κ1) is 11.5. The van der Waals surface area contributed by atoms with Gasteiger partial charge in [-0.05, 0) is 42.5 Å². The Morgan fingerprint density at radius 1 is 1.11 bits per heavy atom. The summed E-state index contributed by atoms with van der Waals surface area (Å²) in [5.74, 6) is 0.590. The minimum absolute atomic E-state index is 0.590. The standard InChI is InChI=1S/C17H16BrN/c18-15-10-9-12-11-19(13-5-2-1-3-6-13)16-8-4-7-14(15)17(12)16/h1-3,5-6,9-10,12H,4,7-8,11H2. The first-order chi connectivity index (χ1) is 9.34. The zero-order chi connectivity index (χ0) is 12.8. The molecule has 0 saturated carbocycles. The van der Waals surface area contributed by atoms with Gasteiger partial charge in [0, 0.05) is 28.3 Å². The summed E-state index contributed by atoms with van der Waals surface area (Å²) in [7, 11) is 0. The van der Waals surface area contributed by atoms with E-state index >= 15 is 0 Å². The molecule has 1 aromatic rings. The quantitative estimate of drug-likeness (QED) is 0.721. The van der Waals surface area contributed by atoms with Crippen LogP contribution in [0.4, 0.5) is 5.69 Å². The van der Waals surface area contributed by atoms with Gasteiger partial charge in [0.05, 0.1) is 0 Å². The molecule has 0 spiro atoms. The number of rotatable bonds is 1. The molecule has 0 saturated heterocycles. The molecule has 0 aromatic heterocycles. The van der Waals surface area contributed by atoms with Crippen molar-refractivity contribution < 1.29 is 0 Å². The molecule has 1 atom stereocenters. The summed E-state index contributed by atoms with van der Waals surface area (Å²) in [4.78, 5) is 2.52. The van der Waals surface area contributed by atoms with Gasteiger partial charge in [0.1, 0.15) is 0 Å². The van der Waals surface area contributed by atoms with Crippen LogP contribution < -0.4 is 4.90 Å². The summed E-state index contributed by atoms with van der Waals surface area (Å²) in [6, 6.07) is 10.8. The second-order valence-electron chi connectivity index (χ2n) is 5.45. The number of halogens is 1. The monoisotopic (exact) mass is 313 g/mol. The van der Waals surface area contributed by atoms with Crippen molar-refractivity contribution in [3.63, 3.8) is 0 Å². The Labute approximate surface area is 122 Å². The average Bonchev–Trinajstić information content (AvgIpc) is 2.84. The van der Waals surface area contributed by atoms with Gasteiger partial charge in [-0.3, -0.25) is 0 Å². The van der Waals surface area contributed by atoms with E-state index in [4.69, 9.17) is 0 Å². The Kier molecular flexibility index (Phi) is 2.66. The van der Waals surface area contributed by atoms with Gasteiger partial charge in [-0.2, -0.15) is 0 Å². The highest BCUT2D eigenvalue weighted by Crippen LogP contribution is 2.47. The van der Waals surface area contributed by atoms with Crippen LogP contribution in [0.15, 0.2) is 63.8 Å². The fourth-order valence-corrected chi connectivity index (χ4v) is 4.13. The molecule has 0 amide bonds. The molecule has 1 unspecified atom stereocenters. The van der Waals surface area contributed by atoms with Gasteiger partial charge in [-0.15, -0.1) is 0 Å². The number of hydrogen-bond donors (Lipinski definition) is 0. The number of hydrogen-bond acceptors (Lipinski definition) is 1. The number of para-hydroxylation sites is 1. The fourth-order valence-electron chi connectivity index (χ4n) is 3.57. The van der Waals surface area contributed by atoms with E-state index in [9.17, 15) is 0 Å². The highest BCUT2D eigenvalue weighted by atomic mass is 79.9. The van der Waals surface area contributed by atoms with Crippen molar-refractivity contribution in [3.05, 3.63) is 63.8 Å². The van der Waals surface area contributed by atoms with Crippen LogP contribution in [0.1, 0.15) is 19.3 Å². The highest BCUT2D eigenvalue weighted by molar-refractivity contribution is 9.11. The van der Waals surface area contributed by atoms with E-state index in [1.807, 2.05) is 0 Å². The van der Waals surface area contributed by atoms with Gasteiger partial charge >= 0.3 is 0 Å². The molecular formula is C17H16BrN. The van der Waals surface area contributed by atoms with Crippen molar-refractivity contribution in [2.45, 2.75) is 19.3 Å². The summed E-state index contributed by atoms with van der Waals surface area (Å²) in [6.07, 6.45) is 8.33. The van der Waals surface area contributed by atoms with Crippen LogP contribution in [-0.4, -0.2) is 6.54 Å². The van der Waals surface area contributed by atoms with E-state index in [1.165, 1.54) is 29.4 Å². The minimum atomic E-state index is 0.590. The zero-order valence-electron chi connectivity index (χ0n) is 10.8. The fraction of sp³-hybridized carbons (Fsp3) is 0.294. The lowest BCUT2D eigenvalue weighted by Crippen LogP contribution is -2.20. The lowest BCUT2D eigenvalue weighted by atomic mass is 9.82. The van der Waals surface area contributed by atoms with Gasteiger partial charge in [-0.25, -0.2) is 0 Å².